The number of benzene rings is 1. The van der Waals surface area contributed by atoms with E-state index in [2.05, 4.69) is 20.0 Å². The summed E-state index contributed by atoms with van der Waals surface area (Å²) in [7, 11) is 0. The number of aliphatic hydroxyl groups is 1. The summed E-state index contributed by atoms with van der Waals surface area (Å²) >= 11 is 6.16. The highest BCUT2D eigenvalue weighted by Gasteiger charge is 2.41. The van der Waals surface area contributed by atoms with Crippen molar-refractivity contribution in [2.45, 2.75) is 31.2 Å². The summed E-state index contributed by atoms with van der Waals surface area (Å²) < 4.78 is 40.7. The Morgan fingerprint density at radius 2 is 2.00 bits per heavy atom. The number of fused-ring (bicyclic) bond motifs is 1. The van der Waals surface area contributed by atoms with Crippen LogP contribution in [0.25, 0.3) is 16.7 Å². The predicted molar refractivity (Wildman–Crippen MR) is 109 cm³/mol. The number of β-amino-alcohol motifs (C(OH)–C–C–N with tert-alkyl or cyclic N) is 1. The van der Waals surface area contributed by atoms with Crippen molar-refractivity contribution >= 4 is 28.5 Å². The Labute approximate surface area is 181 Å². The summed E-state index contributed by atoms with van der Waals surface area (Å²) in [5.41, 5.74) is -0.827. The minimum Gasteiger partial charge on any atom is -0.389 e. The fourth-order valence-electron chi connectivity index (χ4n) is 4.26. The average molecular weight is 453 g/mol. The van der Waals surface area contributed by atoms with Crippen molar-refractivity contribution in [2.75, 3.05) is 31.1 Å². The van der Waals surface area contributed by atoms with Crippen LogP contribution in [0.3, 0.4) is 0 Å². The predicted octanol–water partition coefficient (Wildman–Crippen LogP) is 3.13. The largest absolute Gasteiger partial charge is 0.416 e. The van der Waals surface area contributed by atoms with Gasteiger partial charge >= 0.3 is 6.18 Å². The van der Waals surface area contributed by atoms with E-state index >= 15 is 0 Å². The topological polar surface area (TPSA) is 70.3 Å². The fourth-order valence-corrected chi connectivity index (χ4v) is 4.42. The highest BCUT2D eigenvalue weighted by atomic mass is 35.5. The van der Waals surface area contributed by atoms with Crippen molar-refractivity contribution in [3.8, 4) is 5.69 Å². The molecule has 31 heavy (non-hydrogen) atoms. The average Bonchev–Trinajstić information content (AvgIpc) is 3.23. The zero-order valence-corrected chi connectivity index (χ0v) is 17.4. The van der Waals surface area contributed by atoms with Crippen molar-refractivity contribution < 1.29 is 18.3 Å². The van der Waals surface area contributed by atoms with Crippen LogP contribution in [-0.2, 0) is 6.18 Å². The van der Waals surface area contributed by atoms with Gasteiger partial charge in [-0.15, -0.1) is 0 Å². The van der Waals surface area contributed by atoms with E-state index in [0.717, 1.165) is 25.1 Å². The lowest BCUT2D eigenvalue weighted by Gasteiger charge is -2.45. The van der Waals surface area contributed by atoms with Crippen LogP contribution in [0, 0.1) is 0 Å². The molecular weight excluding hydrogens is 433 g/mol. The fraction of sp³-hybridized carbons (Fsp3) is 0.450. The molecular formula is C20H20ClF3N6O. The van der Waals surface area contributed by atoms with Crippen LogP contribution < -0.4 is 4.90 Å². The van der Waals surface area contributed by atoms with Crippen molar-refractivity contribution in [1.29, 1.82) is 0 Å². The van der Waals surface area contributed by atoms with Gasteiger partial charge in [0, 0.05) is 32.2 Å². The van der Waals surface area contributed by atoms with Crippen LogP contribution in [0.4, 0.5) is 19.0 Å². The van der Waals surface area contributed by atoms with Gasteiger partial charge in [0.1, 0.15) is 5.82 Å². The maximum Gasteiger partial charge on any atom is 0.416 e. The zero-order chi connectivity index (χ0) is 22.0. The van der Waals surface area contributed by atoms with E-state index in [9.17, 15) is 18.3 Å². The van der Waals surface area contributed by atoms with Gasteiger partial charge in [-0.2, -0.15) is 28.2 Å². The molecule has 0 saturated carbocycles. The maximum atomic E-state index is 13.1. The third kappa shape index (κ3) is 3.72. The molecule has 2 aliphatic rings. The molecule has 2 aliphatic heterocycles. The van der Waals surface area contributed by atoms with Crippen LogP contribution in [0.5, 0.6) is 0 Å². The highest BCUT2D eigenvalue weighted by molar-refractivity contribution is 6.28. The van der Waals surface area contributed by atoms with Gasteiger partial charge in [0.15, 0.2) is 5.65 Å². The van der Waals surface area contributed by atoms with E-state index < -0.39 is 17.3 Å². The highest BCUT2D eigenvalue weighted by Crippen LogP contribution is 2.34. The second kappa shape index (κ2) is 7.04. The molecule has 3 aromatic rings. The third-order valence-electron chi connectivity index (χ3n) is 5.96. The molecule has 1 aromatic carbocycles. The Morgan fingerprint density at radius 3 is 2.68 bits per heavy atom. The Bertz CT molecular complexity index is 1140. The number of alkyl halides is 3. The first-order chi connectivity index (χ1) is 14.6. The monoisotopic (exact) mass is 452 g/mol. The summed E-state index contributed by atoms with van der Waals surface area (Å²) in [4.78, 5) is 12.9. The van der Waals surface area contributed by atoms with E-state index in [1.807, 2.05) is 11.8 Å². The van der Waals surface area contributed by atoms with E-state index in [1.165, 1.54) is 16.8 Å². The van der Waals surface area contributed by atoms with Crippen LogP contribution in [0.2, 0.25) is 5.28 Å². The molecule has 1 N–H and O–H groups in total. The lowest BCUT2D eigenvalue weighted by Crippen LogP contribution is -2.59. The number of halogens is 4. The molecule has 2 aromatic heterocycles. The van der Waals surface area contributed by atoms with Gasteiger partial charge in [-0.3, -0.25) is 4.90 Å². The van der Waals surface area contributed by atoms with Gasteiger partial charge in [0.25, 0.3) is 0 Å². The maximum absolute atomic E-state index is 13.1. The van der Waals surface area contributed by atoms with Gasteiger partial charge in [0.2, 0.25) is 5.28 Å². The minimum absolute atomic E-state index is 0.00350. The molecule has 164 valence electrons. The van der Waals surface area contributed by atoms with E-state index in [1.54, 1.807) is 6.20 Å². The van der Waals surface area contributed by atoms with Crippen LogP contribution >= 0.6 is 11.6 Å². The Balaban J connectivity index is 1.44. The lowest BCUT2D eigenvalue weighted by atomic mass is 10.1. The van der Waals surface area contributed by atoms with Crippen LogP contribution in [0.1, 0.15) is 18.9 Å². The summed E-state index contributed by atoms with van der Waals surface area (Å²) in [5, 5.41) is 15.1. The third-order valence-corrected chi connectivity index (χ3v) is 6.13. The lowest BCUT2D eigenvalue weighted by molar-refractivity contribution is -0.137. The summed E-state index contributed by atoms with van der Waals surface area (Å²) in [6.07, 6.45) is -2.16. The number of hydrogen-bond donors (Lipinski definition) is 1. The van der Waals surface area contributed by atoms with Crippen molar-refractivity contribution in [3.63, 3.8) is 0 Å². The number of nitrogens with zero attached hydrogens (tertiary/aromatic N) is 6. The van der Waals surface area contributed by atoms with E-state index in [0.29, 0.717) is 42.5 Å². The minimum atomic E-state index is -4.45. The first-order valence-corrected chi connectivity index (χ1v) is 10.3. The number of rotatable bonds is 3. The molecule has 0 aliphatic carbocycles. The molecule has 0 spiro atoms. The van der Waals surface area contributed by atoms with Gasteiger partial charge in [-0.1, -0.05) is 6.07 Å². The molecule has 2 fully saturated rings. The molecule has 2 saturated heterocycles. The molecule has 0 unspecified atom stereocenters. The van der Waals surface area contributed by atoms with Gasteiger partial charge in [-0.05, 0) is 43.1 Å². The summed E-state index contributed by atoms with van der Waals surface area (Å²) in [6, 6.07) is 5.22. The Kier molecular flexibility index (Phi) is 4.65. The van der Waals surface area contributed by atoms with Gasteiger partial charge in [-0.25, -0.2) is 4.68 Å². The zero-order valence-electron chi connectivity index (χ0n) is 16.6. The SMILES string of the molecule is C[C@@]1(O)CCN(C2CN(c3nc(Cl)nc4c3cnn4-c3cccc(C(F)(F)F)c3)C2)C1. The summed E-state index contributed by atoms with van der Waals surface area (Å²) in [5.74, 6) is 0.607. The molecule has 5 rings (SSSR count). The van der Waals surface area contributed by atoms with E-state index in [4.69, 9.17) is 11.6 Å². The van der Waals surface area contributed by atoms with Crippen molar-refractivity contribution in [1.82, 2.24) is 24.6 Å². The van der Waals surface area contributed by atoms with Crippen LogP contribution in [0.15, 0.2) is 30.5 Å². The molecule has 0 radical (unpaired) electrons. The molecule has 11 heteroatoms. The van der Waals surface area contributed by atoms with Gasteiger partial charge in [0.05, 0.1) is 28.4 Å². The molecule has 4 heterocycles. The molecule has 0 amide bonds. The van der Waals surface area contributed by atoms with Crippen molar-refractivity contribution in [2.24, 2.45) is 0 Å². The first-order valence-electron chi connectivity index (χ1n) is 9.91. The number of aromatic nitrogens is 4. The van der Waals surface area contributed by atoms with E-state index in [-0.39, 0.29) is 11.0 Å². The van der Waals surface area contributed by atoms with Gasteiger partial charge < -0.3 is 10.0 Å². The normalized spacial score (nSPS) is 23.0. The Morgan fingerprint density at radius 1 is 1.23 bits per heavy atom. The number of likely N-dealkylation sites (tertiary alicyclic amines) is 1. The first kappa shape index (κ1) is 20.5. The quantitative estimate of drug-likeness (QED) is 0.616. The standard InChI is InChI=1S/C20H20ClF3N6O/c1-19(31)5-6-28(11-19)14-9-29(10-14)16-15-8-25-30(17(15)27-18(21)26-16)13-4-2-3-12(7-13)20(22,23)24/h2-4,7-8,14,31H,5-6,9-11H2,1H3/t19-/m1/s1. The second-order valence-electron chi connectivity index (χ2n) is 8.43. The second-order valence-corrected chi connectivity index (χ2v) is 8.77. The summed E-state index contributed by atoms with van der Waals surface area (Å²) in [6.45, 7) is 4.76. The molecule has 1 atom stereocenters. The van der Waals surface area contributed by atoms with Crippen molar-refractivity contribution in [3.05, 3.63) is 41.3 Å². The smallest absolute Gasteiger partial charge is 0.389 e. The molecule has 7 nitrogen and oxygen atoms in total. The Hall–Kier alpha value is -2.43. The molecule has 0 bridgehead atoms. The number of anilines is 1. The van der Waals surface area contributed by atoms with Crippen LogP contribution in [-0.4, -0.2) is 67.6 Å². The number of hydrogen-bond acceptors (Lipinski definition) is 6.